The Morgan fingerprint density at radius 3 is 2.38 bits per heavy atom. The molecule has 2 rings (SSSR count). The molecule has 0 atom stereocenters. The zero-order chi connectivity index (χ0) is 25.7. The third kappa shape index (κ3) is 8.64. The smallest absolute Gasteiger partial charge is 0.253 e. The van der Waals surface area contributed by atoms with Crippen molar-refractivity contribution in [2.45, 2.75) is 77.9 Å². The van der Waals surface area contributed by atoms with Crippen LogP contribution in [-0.2, 0) is 22.5 Å². The summed E-state index contributed by atoms with van der Waals surface area (Å²) in [5.74, 6) is 1.12. The number of ether oxygens (including phenoxy) is 1. The highest BCUT2D eigenvalue weighted by atomic mass is 28.4. The minimum absolute atomic E-state index is 0.0830. The largest absolute Gasteiger partial charge is 0.411 e. The predicted molar refractivity (Wildman–Crippen MR) is 144 cm³/mol. The number of anilines is 2. The van der Waals surface area contributed by atoms with Crippen LogP contribution in [0.1, 0.15) is 36.8 Å². The molecule has 0 aliphatic rings. The van der Waals surface area contributed by atoms with E-state index in [1.807, 2.05) is 18.3 Å². The fourth-order valence-electron chi connectivity index (χ4n) is 2.75. The number of hydrogen-bond donors (Lipinski definition) is 1. The maximum absolute atomic E-state index is 12.7. The summed E-state index contributed by atoms with van der Waals surface area (Å²) in [4.78, 5) is 19.0. The van der Waals surface area contributed by atoms with E-state index in [9.17, 15) is 4.79 Å². The lowest BCUT2D eigenvalue weighted by Gasteiger charge is -2.36. The van der Waals surface area contributed by atoms with Crippen LogP contribution < -0.4 is 5.32 Å². The molecule has 0 radical (unpaired) electrons. The average Bonchev–Trinajstić information content (AvgIpc) is 3.14. The first-order valence-electron chi connectivity index (χ1n) is 11.8. The summed E-state index contributed by atoms with van der Waals surface area (Å²) < 4.78 is 13.9. The number of carbonyl (C=O) groups excluding carboxylic acids is 1. The average molecular weight is 506 g/mol. The van der Waals surface area contributed by atoms with Crippen LogP contribution in [0.4, 0.5) is 11.6 Å². The summed E-state index contributed by atoms with van der Waals surface area (Å²) in [7, 11) is 0.417. The van der Waals surface area contributed by atoms with E-state index < -0.39 is 16.4 Å². The molecule has 0 aromatic carbocycles. The van der Waals surface area contributed by atoms with Gasteiger partial charge in [0, 0.05) is 46.6 Å². The monoisotopic (exact) mass is 505 g/mol. The highest BCUT2D eigenvalue weighted by Gasteiger charge is 2.37. The van der Waals surface area contributed by atoms with Crippen molar-refractivity contribution in [3.05, 3.63) is 35.7 Å². The third-order valence-corrected chi connectivity index (χ3v) is 12.2. The van der Waals surface area contributed by atoms with E-state index in [1.165, 1.54) is 0 Å². The van der Waals surface area contributed by atoms with Crippen molar-refractivity contribution in [1.29, 1.82) is 0 Å². The second-order valence-corrected chi connectivity index (χ2v) is 22.1. The molecular formula is C24H43N5O3Si2. The Morgan fingerprint density at radius 1 is 1.12 bits per heavy atom. The summed E-state index contributed by atoms with van der Waals surface area (Å²) in [5.41, 5.74) is 1.28. The molecule has 0 unspecified atom stereocenters. The molecule has 1 amide bonds. The molecule has 2 aromatic heterocycles. The van der Waals surface area contributed by atoms with E-state index in [1.54, 1.807) is 29.7 Å². The second-order valence-electron chi connectivity index (χ2n) is 11.7. The molecular weight excluding hydrogens is 462 g/mol. The van der Waals surface area contributed by atoms with Crippen molar-refractivity contribution in [1.82, 2.24) is 19.7 Å². The van der Waals surface area contributed by atoms with Gasteiger partial charge in [-0.15, -0.1) is 0 Å². The molecule has 0 spiro atoms. The van der Waals surface area contributed by atoms with Crippen molar-refractivity contribution >= 4 is 33.9 Å². The number of rotatable bonds is 11. The maximum atomic E-state index is 12.7. The van der Waals surface area contributed by atoms with Crippen LogP contribution >= 0.6 is 0 Å². The second kappa shape index (κ2) is 11.1. The Hall–Kier alpha value is -2.02. The summed E-state index contributed by atoms with van der Waals surface area (Å²) in [5, 5.41) is 7.86. The van der Waals surface area contributed by atoms with Gasteiger partial charge in [0.05, 0.1) is 12.3 Å². The summed E-state index contributed by atoms with van der Waals surface area (Å²) in [6.07, 6.45) is 1.87. The quantitative estimate of drug-likeness (QED) is 0.318. The minimum atomic E-state index is -1.95. The standard InChI is InChI=1S/C24H43N5O3Si2/c1-24(2,3)34(9,10)32-17-20-15-19(23(30)28(4)5)16-22(25-20)26-21-11-12-29(27-21)18-31-13-14-33(6,7)8/h11-12,15-16H,13-14,17-18H2,1-10H3,(H,25,26,27). The molecule has 34 heavy (non-hydrogen) atoms. The molecule has 2 aromatic rings. The Morgan fingerprint density at radius 2 is 1.79 bits per heavy atom. The minimum Gasteiger partial charge on any atom is -0.411 e. The summed E-state index contributed by atoms with van der Waals surface area (Å²) >= 11 is 0. The highest BCUT2D eigenvalue weighted by molar-refractivity contribution is 6.76. The lowest BCUT2D eigenvalue weighted by molar-refractivity contribution is 0.0788. The SMILES string of the molecule is CN(C)C(=O)c1cc(CO[Si](C)(C)C(C)(C)C)nc(Nc2ccn(COCC[Si](C)(C)C)n2)c1. The van der Waals surface area contributed by atoms with E-state index in [0.29, 0.717) is 36.2 Å². The van der Waals surface area contributed by atoms with E-state index in [2.05, 4.69) is 63.9 Å². The fraction of sp³-hybridized carbons (Fsp3) is 0.625. The van der Waals surface area contributed by atoms with Crippen molar-refractivity contribution in [3.63, 3.8) is 0 Å². The van der Waals surface area contributed by atoms with Crippen LogP contribution in [0.5, 0.6) is 0 Å². The lowest BCUT2D eigenvalue weighted by Crippen LogP contribution is -2.40. The molecule has 0 saturated carbocycles. The Labute approximate surface area is 207 Å². The third-order valence-electron chi connectivity index (χ3n) is 6.04. The molecule has 0 fully saturated rings. The Kier molecular flexibility index (Phi) is 9.25. The summed E-state index contributed by atoms with van der Waals surface area (Å²) in [6.45, 7) is 19.5. The van der Waals surface area contributed by atoms with Crippen LogP contribution in [0, 0.1) is 0 Å². The Bertz CT molecular complexity index is 962. The van der Waals surface area contributed by atoms with Crippen LogP contribution in [0.15, 0.2) is 24.4 Å². The van der Waals surface area contributed by atoms with Gasteiger partial charge in [-0.1, -0.05) is 40.4 Å². The molecule has 0 bridgehead atoms. The van der Waals surface area contributed by atoms with Crippen LogP contribution in [0.3, 0.4) is 0 Å². The van der Waals surface area contributed by atoms with E-state index >= 15 is 0 Å². The van der Waals surface area contributed by atoms with E-state index in [0.717, 1.165) is 12.7 Å². The van der Waals surface area contributed by atoms with Crippen molar-refractivity contribution in [2.75, 3.05) is 26.0 Å². The zero-order valence-corrected chi connectivity index (χ0v) is 24.7. The number of nitrogens with one attached hydrogen (secondary N) is 1. The van der Waals surface area contributed by atoms with Gasteiger partial charge in [0.25, 0.3) is 5.91 Å². The molecule has 190 valence electrons. The van der Waals surface area contributed by atoms with Gasteiger partial charge >= 0.3 is 0 Å². The molecule has 0 aliphatic carbocycles. The first kappa shape index (κ1) is 28.2. The Balaban J connectivity index is 2.15. The van der Waals surface area contributed by atoms with Gasteiger partial charge in [0.15, 0.2) is 14.1 Å². The van der Waals surface area contributed by atoms with Gasteiger partial charge < -0.3 is 19.4 Å². The van der Waals surface area contributed by atoms with E-state index in [-0.39, 0.29) is 10.9 Å². The van der Waals surface area contributed by atoms with Gasteiger partial charge in [-0.05, 0) is 36.3 Å². The fourth-order valence-corrected chi connectivity index (χ4v) is 4.44. The predicted octanol–water partition coefficient (Wildman–Crippen LogP) is 5.56. The van der Waals surface area contributed by atoms with E-state index in [4.69, 9.17) is 14.1 Å². The molecule has 0 aliphatic heterocycles. The normalized spacial score (nSPS) is 12.6. The zero-order valence-electron chi connectivity index (χ0n) is 22.7. The van der Waals surface area contributed by atoms with Crippen LogP contribution in [0.25, 0.3) is 0 Å². The number of pyridine rings is 1. The van der Waals surface area contributed by atoms with Crippen molar-refractivity contribution in [3.8, 4) is 0 Å². The molecule has 2 heterocycles. The summed E-state index contributed by atoms with van der Waals surface area (Å²) in [6, 6.07) is 6.55. The number of amides is 1. The number of hydrogen-bond acceptors (Lipinski definition) is 6. The maximum Gasteiger partial charge on any atom is 0.253 e. The topological polar surface area (TPSA) is 81.5 Å². The lowest BCUT2D eigenvalue weighted by atomic mass is 10.2. The molecule has 0 saturated heterocycles. The highest BCUT2D eigenvalue weighted by Crippen LogP contribution is 2.37. The van der Waals surface area contributed by atoms with Gasteiger partial charge in [-0.3, -0.25) is 4.79 Å². The van der Waals surface area contributed by atoms with Crippen molar-refractivity contribution < 1.29 is 14.0 Å². The first-order valence-corrected chi connectivity index (χ1v) is 18.4. The van der Waals surface area contributed by atoms with Crippen molar-refractivity contribution in [2.24, 2.45) is 0 Å². The number of nitrogens with zero attached hydrogens (tertiary/aromatic N) is 4. The van der Waals surface area contributed by atoms with Gasteiger partial charge in [-0.25, -0.2) is 9.67 Å². The first-order chi connectivity index (χ1) is 15.6. The number of aromatic nitrogens is 3. The molecule has 8 nitrogen and oxygen atoms in total. The van der Waals surface area contributed by atoms with Gasteiger partial charge in [0.1, 0.15) is 12.5 Å². The van der Waals surface area contributed by atoms with Gasteiger partial charge in [-0.2, -0.15) is 5.10 Å². The molecule has 10 heteroatoms. The van der Waals surface area contributed by atoms with Crippen LogP contribution in [0.2, 0.25) is 43.8 Å². The van der Waals surface area contributed by atoms with Crippen LogP contribution in [-0.4, -0.2) is 62.7 Å². The molecule has 1 N–H and O–H groups in total. The number of carbonyl (C=O) groups is 1. The van der Waals surface area contributed by atoms with Gasteiger partial charge in [0.2, 0.25) is 0 Å².